The summed E-state index contributed by atoms with van der Waals surface area (Å²) in [6.07, 6.45) is 77.4. The molecule has 0 aliphatic heterocycles. The third-order valence-corrected chi connectivity index (χ3v) is 14.3. The highest BCUT2D eigenvalue weighted by Gasteiger charge is 2.18. The molecule has 0 aliphatic carbocycles. The summed E-state index contributed by atoms with van der Waals surface area (Å²) in [7, 11) is 0. The van der Waals surface area contributed by atoms with Gasteiger partial charge in [-0.1, -0.05) is 287 Å². The first-order chi connectivity index (χ1) is 35.0. The predicted octanol–water partition coefficient (Wildman–Crippen LogP) is 19.7. The van der Waals surface area contributed by atoms with Crippen LogP contribution in [0.25, 0.3) is 0 Å². The highest BCUT2D eigenvalue weighted by atomic mass is 16.5. The van der Waals surface area contributed by atoms with E-state index in [1.807, 2.05) is 6.08 Å². The largest absolute Gasteiger partial charge is 0.465 e. The minimum atomic E-state index is -0.850. The SMILES string of the molecule is CCCCCC/C=C\CCCCCCCC(=O)OCC/C=C\C/C=C\CCCCCCCCCCCCCCCCC(=O)NC(CO)C(O)/C=C/CCCCCCCCCCCCCCCCCCCC. The van der Waals surface area contributed by atoms with Crippen LogP contribution in [0.5, 0.6) is 0 Å². The fourth-order valence-electron chi connectivity index (χ4n) is 9.53. The summed E-state index contributed by atoms with van der Waals surface area (Å²) in [6.45, 7) is 4.79. The summed E-state index contributed by atoms with van der Waals surface area (Å²) in [4.78, 5) is 24.5. The lowest BCUT2D eigenvalue weighted by atomic mass is 10.0. The number of ether oxygens (including phenoxy) is 1. The molecule has 2 atom stereocenters. The van der Waals surface area contributed by atoms with Crippen molar-refractivity contribution >= 4 is 11.9 Å². The number of hydrogen-bond donors (Lipinski definition) is 3. The molecule has 2 unspecified atom stereocenters. The number of unbranched alkanes of at least 4 members (excludes halogenated alkanes) is 41. The van der Waals surface area contributed by atoms with Crippen molar-refractivity contribution < 1.29 is 24.5 Å². The molecule has 0 heterocycles. The second-order valence-corrected chi connectivity index (χ2v) is 21.4. The van der Waals surface area contributed by atoms with Crippen molar-refractivity contribution in [2.75, 3.05) is 13.2 Å². The number of allylic oxidation sites excluding steroid dienone is 6. The van der Waals surface area contributed by atoms with Crippen LogP contribution >= 0.6 is 0 Å². The van der Waals surface area contributed by atoms with Crippen molar-refractivity contribution in [3.8, 4) is 0 Å². The molecule has 0 fully saturated rings. The van der Waals surface area contributed by atoms with E-state index in [9.17, 15) is 19.8 Å². The van der Waals surface area contributed by atoms with Crippen molar-refractivity contribution in [2.45, 2.75) is 341 Å². The highest BCUT2D eigenvalue weighted by Crippen LogP contribution is 2.17. The molecule has 0 aliphatic rings. The summed E-state index contributed by atoms with van der Waals surface area (Å²) < 4.78 is 5.40. The number of rotatable bonds is 58. The van der Waals surface area contributed by atoms with Crippen LogP contribution in [0.15, 0.2) is 48.6 Å². The van der Waals surface area contributed by atoms with Gasteiger partial charge in [0, 0.05) is 12.8 Å². The van der Waals surface area contributed by atoms with Gasteiger partial charge in [-0.05, 0) is 77.0 Å². The maximum atomic E-state index is 12.5. The fraction of sp³-hybridized carbons (Fsp3) is 0.846. The molecule has 0 saturated heterocycles. The molecule has 6 heteroatoms. The lowest BCUT2D eigenvalue weighted by Crippen LogP contribution is -2.45. The molecular formula is C65H121NO5. The molecule has 0 aromatic carbocycles. The van der Waals surface area contributed by atoms with Gasteiger partial charge >= 0.3 is 5.97 Å². The molecule has 0 radical (unpaired) electrons. The van der Waals surface area contributed by atoms with Crippen LogP contribution in [0.1, 0.15) is 328 Å². The number of carbonyl (C=O) groups is 2. The molecule has 416 valence electrons. The maximum absolute atomic E-state index is 12.5. The Bertz CT molecular complexity index is 1190. The van der Waals surface area contributed by atoms with Gasteiger partial charge in [-0.25, -0.2) is 0 Å². The third kappa shape index (κ3) is 57.0. The molecule has 3 N–H and O–H groups in total. The second kappa shape index (κ2) is 60.4. The van der Waals surface area contributed by atoms with Crippen molar-refractivity contribution in [3.63, 3.8) is 0 Å². The van der Waals surface area contributed by atoms with Gasteiger partial charge in [-0.2, -0.15) is 0 Å². The van der Waals surface area contributed by atoms with Crippen LogP contribution < -0.4 is 5.32 Å². The van der Waals surface area contributed by atoms with E-state index in [1.54, 1.807) is 6.08 Å². The Labute approximate surface area is 442 Å². The van der Waals surface area contributed by atoms with Gasteiger partial charge in [0.2, 0.25) is 5.91 Å². The molecular weight excluding hydrogens is 875 g/mol. The number of carbonyl (C=O) groups excluding carboxylic acids is 2. The van der Waals surface area contributed by atoms with E-state index in [2.05, 4.69) is 55.6 Å². The van der Waals surface area contributed by atoms with E-state index < -0.39 is 12.1 Å². The van der Waals surface area contributed by atoms with E-state index in [0.29, 0.717) is 19.4 Å². The first kappa shape index (κ1) is 68.8. The lowest BCUT2D eigenvalue weighted by molar-refractivity contribution is -0.143. The van der Waals surface area contributed by atoms with Gasteiger partial charge in [0.1, 0.15) is 0 Å². The quantitative estimate of drug-likeness (QED) is 0.0321. The number of hydrogen-bond acceptors (Lipinski definition) is 5. The van der Waals surface area contributed by atoms with Gasteiger partial charge in [-0.15, -0.1) is 0 Å². The van der Waals surface area contributed by atoms with E-state index in [0.717, 1.165) is 51.4 Å². The van der Waals surface area contributed by atoms with E-state index in [1.165, 1.54) is 250 Å². The monoisotopic (exact) mass is 996 g/mol. The molecule has 0 rings (SSSR count). The standard InChI is InChI=1S/C65H121NO5/c1-3-5-7-9-11-13-15-17-18-19-20-24-27-30-34-37-41-45-49-53-57-63(68)62(61-67)66-64(69)58-54-50-46-42-38-35-31-28-25-22-21-23-26-29-32-36-40-44-48-52-56-60-71-65(70)59-55-51-47-43-39-33-16-14-12-10-8-6-4-2/h14,16,36,40,48,52-53,57,62-63,67-68H,3-13,15,17-35,37-39,41-47,49-51,54-56,58-61H2,1-2H3,(H,66,69)/b16-14-,40-36-,52-48-,57-53+. The Morgan fingerprint density at radius 2 is 0.704 bits per heavy atom. The van der Waals surface area contributed by atoms with Gasteiger partial charge < -0.3 is 20.3 Å². The molecule has 0 saturated carbocycles. The minimum absolute atomic E-state index is 0.0452. The zero-order valence-electron chi connectivity index (χ0n) is 47.5. The van der Waals surface area contributed by atoms with Crippen molar-refractivity contribution in [1.82, 2.24) is 5.32 Å². The van der Waals surface area contributed by atoms with Crippen LogP contribution in [0.2, 0.25) is 0 Å². The normalized spacial score (nSPS) is 12.9. The topological polar surface area (TPSA) is 95.9 Å². The van der Waals surface area contributed by atoms with Crippen molar-refractivity contribution in [1.29, 1.82) is 0 Å². The highest BCUT2D eigenvalue weighted by molar-refractivity contribution is 5.76. The van der Waals surface area contributed by atoms with E-state index in [-0.39, 0.29) is 18.5 Å². The Kier molecular flexibility index (Phi) is 58.5. The van der Waals surface area contributed by atoms with Gasteiger partial charge in [0.15, 0.2) is 0 Å². The molecule has 0 aromatic heterocycles. The second-order valence-electron chi connectivity index (χ2n) is 21.4. The van der Waals surface area contributed by atoms with Gasteiger partial charge in [0.05, 0.1) is 25.4 Å². The molecule has 0 spiro atoms. The summed E-state index contributed by atoms with van der Waals surface area (Å²) in [5.74, 6) is -0.116. The van der Waals surface area contributed by atoms with Crippen LogP contribution in [-0.2, 0) is 14.3 Å². The zero-order chi connectivity index (χ0) is 51.4. The summed E-state index contributed by atoms with van der Waals surface area (Å²) in [5.41, 5.74) is 0. The summed E-state index contributed by atoms with van der Waals surface area (Å²) in [6, 6.07) is -0.633. The Morgan fingerprint density at radius 1 is 0.394 bits per heavy atom. The lowest BCUT2D eigenvalue weighted by Gasteiger charge is -2.20. The smallest absolute Gasteiger partial charge is 0.305 e. The van der Waals surface area contributed by atoms with Gasteiger partial charge in [0.25, 0.3) is 0 Å². The first-order valence-electron chi connectivity index (χ1n) is 31.4. The van der Waals surface area contributed by atoms with Crippen LogP contribution in [0.3, 0.4) is 0 Å². The number of esters is 1. The van der Waals surface area contributed by atoms with Crippen LogP contribution in [-0.4, -0.2) is 47.4 Å². The minimum Gasteiger partial charge on any atom is -0.465 e. The van der Waals surface area contributed by atoms with E-state index >= 15 is 0 Å². The predicted molar refractivity (Wildman–Crippen MR) is 310 cm³/mol. The number of aliphatic hydroxyl groups is 2. The van der Waals surface area contributed by atoms with Crippen LogP contribution in [0, 0.1) is 0 Å². The molecule has 6 nitrogen and oxygen atoms in total. The van der Waals surface area contributed by atoms with Crippen molar-refractivity contribution in [2.24, 2.45) is 0 Å². The van der Waals surface area contributed by atoms with Crippen molar-refractivity contribution in [3.05, 3.63) is 48.6 Å². The Hall–Kier alpha value is -2.18. The Balaban J connectivity index is 3.49. The number of aliphatic hydroxyl groups excluding tert-OH is 2. The first-order valence-corrected chi connectivity index (χ1v) is 31.4. The number of nitrogens with one attached hydrogen (secondary N) is 1. The molecule has 0 aromatic rings. The number of amides is 1. The average Bonchev–Trinajstić information content (AvgIpc) is 3.37. The summed E-state index contributed by atoms with van der Waals surface area (Å²) >= 11 is 0. The molecule has 0 bridgehead atoms. The van der Waals surface area contributed by atoms with E-state index in [4.69, 9.17) is 4.74 Å². The molecule has 71 heavy (non-hydrogen) atoms. The van der Waals surface area contributed by atoms with Gasteiger partial charge in [-0.3, -0.25) is 9.59 Å². The van der Waals surface area contributed by atoms with Crippen LogP contribution in [0.4, 0.5) is 0 Å². The Morgan fingerprint density at radius 3 is 1.10 bits per heavy atom. The molecule has 1 amide bonds. The fourth-order valence-corrected chi connectivity index (χ4v) is 9.53. The third-order valence-electron chi connectivity index (χ3n) is 14.3. The maximum Gasteiger partial charge on any atom is 0.305 e. The summed E-state index contributed by atoms with van der Waals surface area (Å²) in [5, 5.41) is 23.2. The average molecular weight is 997 g/mol. The zero-order valence-corrected chi connectivity index (χ0v) is 47.5.